The largest absolute Gasteiger partial charge is 0.496 e. The van der Waals surface area contributed by atoms with Crippen LogP contribution < -0.4 is 19.6 Å². The molecule has 10 nitrogen and oxygen atoms in total. The Morgan fingerprint density at radius 3 is 2.62 bits per heavy atom. The smallest absolute Gasteiger partial charge is 0.338 e. The fourth-order valence-corrected chi connectivity index (χ4v) is 5.86. The summed E-state index contributed by atoms with van der Waals surface area (Å²) in [7, 11) is 2.76. The number of carbonyl (C=O) groups excluding carboxylic acids is 1. The molecule has 12 heteroatoms. The molecule has 204 valence electrons. The van der Waals surface area contributed by atoms with Crippen LogP contribution in [0, 0.1) is 17.0 Å². The molecule has 3 heterocycles. The van der Waals surface area contributed by atoms with E-state index in [1.54, 1.807) is 56.3 Å². The Labute approximate surface area is 236 Å². The van der Waals surface area contributed by atoms with Crippen LogP contribution in [0.1, 0.15) is 29.9 Å². The highest BCUT2D eigenvalue weighted by molar-refractivity contribution is 7.07. The van der Waals surface area contributed by atoms with Crippen molar-refractivity contribution >= 4 is 40.7 Å². The number of ether oxygens (including phenoxy) is 2. The predicted octanol–water partition coefficient (Wildman–Crippen LogP) is 4.55. The van der Waals surface area contributed by atoms with Crippen molar-refractivity contribution in [3.05, 3.63) is 112 Å². The predicted molar refractivity (Wildman–Crippen MR) is 149 cm³/mol. The Morgan fingerprint density at radius 1 is 1.18 bits per heavy atom. The van der Waals surface area contributed by atoms with Gasteiger partial charge in [-0.2, -0.15) is 0 Å². The number of esters is 1. The van der Waals surface area contributed by atoms with E-state index in [0.29, 0.717) is 54.0 Å². The number of rotatable bonds is 6. The highest BCUT2D eigenvalue weighted by Gasteiger charge is 2.35. The van der Waals surface area contributed by atoms with Crippen LogP contribution in [-0.2, 0) is 9.53 Å². The van der Waals surface area contributed by atoms with Gasteiger partial charge in [-0.05, 0) is 55.8 Å². The molecule has 40 heavy (non-hydrogen) atoms. The number of allylic oxidation sites excluding steroid dienone is 1. The molecule has 0 amide bonds. The number of nitrogens with zero attached hydrogens (tertiary/aromatic N) is 3. The fourth-order valence-electron chi connectivity index (χ4n) is 4.65. The van der Waals surface area contributed by atoms with Gasteiger partial charge in [0.15, 0.2) is 4.80 Å². The van der Waals surface area contributed by atoms with Gasteiger partial charge in [0.1, 0.15) is 23.3 Å². The summed E-state index contributed by atoms with van der Waals surface area (Å²) in [4.78, 5) is 42.3. The number of furan rings is 1. The molecule has 1 aliphatic heterocycles. The van der Waals surface area contributed by atoms with Crippen LogP contribution in [0.4, 0.5) is 5.69 Å². The molecule has 5 rings (SSSR count). The molecular weight excluding hydrogens is 558 g/mol. The number of carbonyl (C=O) groups is 1. The number of thiazole rings is 1. The topological polar surface area (TPSA) is 126 Å². The number of non-ortho nitro benzene ring substituents is 1. The van der Waals surface area contributed by atoms with Gasteiger partial charge in [0, 0.05) is 34.4 Å². The molecule has 1 aliphatic rings. The first-order valence-corrected chi connectivity index (χ1v) is 13.1. The summed E-state index contributed by atoms with van der Waals surface area (Å²) >= 11 is 7.45. The van der Waals surface area contributed by atoms with Crippen molar-refractivity contribution in [3.8, 4) is 17.1 Å². The average Bonchev–Trinajstić information content (AvgIpc) is 3.51. The highest BCUT2D eigenvalue weighted by atomic mass is 35.5. The lowest BCUT2D eigenvalue weighted by molar-refractivity contribution is -0.384. The van der Waals surface area contributed by atoms with Crippen LogP contribution in [-0.4, -0.2) is 29.7 Å². The first-order valence-electron chi connectivity index (χ1n) is 11.9. The Kier molecular flexibility index (Phi) is 7.17. The molecule has 0 spiro atoms. The van der Waals surface area contributed by atoms with Gasteiger partial charge < -0.3 is 13.9 Å². The van der Waals surface area contributed by atoms with Crippen LogP contribution in [0.3, 0.4) is 0 Å². The van der Waals surface area contributed by atoms with E-state index in [1.165, 1.54) is 30.9 Å². The number of hydrogen-bond acceptors (Lipinski definition) is 9. The lowest BCUT2D eigenvalue weighted by atomic mass is 9.95. The second-order valence-electron chi connectivity index (χ2n) is 8.92. The zero-order chi connectivity index (χ0) is 28.7. The summed E-state index contributed by atoms with van der Waals surface area (Å²) in [5.74, 6) is 0.710. The number of benzene rings is 2. The third-order valence-corrected chi connectivity index (χ3v) is 7.72. The van der Waals surface area contributed by atoms with Crippen LogP contribution in [0.5, 0.6) is 5.75 Å². The zero-order valence-corrected chi connectivity index (χ0v) is 23.3. The maximum atomic E-state index is 13.8. The second kappa shape index (κ2) is 10.6. The third-order valence-electron chi connectivity index (χ3n) is 6.50. The van der Waals surface area contributed by atoms with E-state index < -0.39 is 22.5 Å². The molecule has 0 aliphatic carbocycles. The monoisotopic (exact) mass is 579 g/mol. The van der Waals surface area contributed by atoms with E-state index in [2.05, 4.69) is 4.99 Å². The number of fused-ring (bicyclic) bond motifs is 1. The SMILES string of the molecule is COC(=O)C1=C(C)N=c2s/c(=C\c3ccc(-c4ccc([N+](=O)[O-])cc4C)o3)c(=O)n2[C@@H]1c1cc(Cl)ccc1OC. The number of halogens is 1. The van der Waals surface area contributed by atoms with Crippen molar-refractivity contribution in [1.82, 2.24) is 4.57 Å². The van der Waals surface area contributed by atoms with E-state index in [9.17, 15) is 19.7 Å². The Bertz CT molecular complexity index is 1900. The number of methoxy groups -OCH3 is 2. The van der Waals surface area contributed by atoms with Crippen LogP contribution >= 0.6 is 22.9 Å². The molecule has 0 fully saturated rings. The number of hydrogen-bond donors (Lipinski definition) is 0. The van der Waals surface area contributed by atoms with E-state index in [0.717, 1.165) is 11.3 Å². The molecule has 0 saturated carbocycles. The average molecular weight is 580 g/mol. The molecule has 0 saturated heterocycles. The van der Waals surface area contributed by atoms with Gasteiger partial charge in [-0.3, -0.25) is 19.5 Å². The quantitative estimate of drug-likeness (QED) is 0.186. The minimum atomic E-state index is -0.894. The highest BCUT2D eigenvalue weighted by Crippen LogP contribution is 2.37. The minimum absolute atomic E-state index is 0.0124. The molecule has 2 aromatic heterocycles. The summed E-state index contributed by atoms with van der Waals surface area (Å²) in [6.45, 7) is 3.44. The van der Waals surface area contributed by atoms with Gasteiger partial charge in [0.25, 0.3) is 11.2 Å². The number of aryl methyl sites for hydroxylation is 1. The van der Waals surface area contributed by atoms with Crippen molar-refractivity contribution in [3.63, 3.8) is 0 Å². The number of nitro groups is 1. The van der Waals surface area contributed by atoms with E-state index in [4.69, 9.17) is 25.5 Å². The summed E-state index contributed by atoms with van der Waals surface area (Å²) in [5, 5.41) is 11.5. The number of nitro benzene ring substituents is 1. The molecule has 2 aromatic carbocycles. The van der Waals surface area contributed by atoms with Crippen LogP contribution in [0.25, 0.3) is 17.4 Å². The maximum absolute atomic E-state index is 13.8. The van der Waals surface area contributed by atoms with Gasteiger partial charge in [0.05, 0.1) is 34.9 Å². The van der Waals surface area contributed by atoms with Crippen molar-refractivity contribution in [2.24, 2.45) is 4.99 Å². The lowest BCUT2D eigenvalue weighted by Gasteiger charge is -2.25. The van der Waals surface area contributed by atoms with Crippen molar-refractivity contribution in [2.75, 3.05) is 14.2 Å². The van der Waals surface area contributed by atoms with Gasteiger partial charge in [-0.25, -0.2) is 9.79 Å². The molecule has 0 N–H and O–H groups in total. The fraction of sp³-hybridized carbons (Fsp3) is 0.179. The Hall–Kier alpha value is -4.48. The molecular formula is C28H22ClN3O7S. The molecule has 0 bridgehead atoms. The van der Waals surface area contributed by atoms with Crippen molar-refractivity contribution in [1.29, 1.82) is 0 Å². The summed E-state index contributed by atoms with van der Waals surface area (Å²) < 4.78 is 18.3. The molecule has 0 unspecified atom stereocenters. The van der Waals surface area contributed by atoms with E-state index in [-0.39, 0.29) is 11.3 Å². The molecule has 1 atom stereocenters. The van der Waals surface area contributed by atoms with Crippen molar-refractivity contribution in [2.45, 2.75) is 19.9 Å². The first-order chi connectivity index (χ1) is 19.1. The third kappa shape index (κ3) is 4.74. The van der Waals surface area contributed by atoms with E-state index in [1.807, 2.05) is 0 Å². The molecule has 4 aromatic rings. The summed E-state index contributed by atoms with van der Waals surface area (Å²) in [6.07, 6.45) is 1.59. The standard InChI is InChI=1S/C28H22ClN3O7S/c1-14-11-17(32(35)36)6-8-19(14)22-10-7-18(39-22)13-23-26(33)31-25(20-12-16(29)5-9-21(20)37-3)24(27(34)38-4)15(2)30-28(31)40-23/h5-13,25H,1-4H3/b23-13-/t25-/m1/s1. The van der Waals surface area contributed by atoms with Gasteiger partial charge >= 0.3 is 5.97 Å². The van der Waals surface area contributed by atoms with Crippen LogP contribution in [0.2, 0.25) is 5.02 Å². The summed E-state index contributed by atoms with van der Waals surface area (Å²) in [6, 6.07) is 12.0. The number of aromatic nitrogens is 1. The van der Waals surface area contributed by atoms with Gasteiger partial charge in [0.2, 0.25) is 0 Å². The van der Waals surface area contributed by atoms with Gasteiger partial charge in [-0.15, -0.1) is 0 Å². The van der Waals surface area contributed by atoms with Crippen molar-refractivity contribution < 1.29 is 23.6 Å². The maximum Gasteiger partial charge on any atom is 0.338 e. The second-order valence-corrected chi connectivity index (χ2v) is 10.4. The molecule has 0 radical (unpaired) electrons. The van der Waals surface area contributed by atoms with E-state index >= 15 is 0 Å². The summed E-state index contributed by atoms with van der Waals surface area (Å²) in [5.41, 5.74) is 2.06. The Morgan fingerprint density at radius 2 is 1.95 bits per heavy atom. The normalized spacial score (nSPS) is 15.0. The Balaban J connectivity index is 1.65. The van der Waals surface area contributed by atoms with Crippen LogP contribution in [0.15, 0.2) is 74.0 Å². The minimum Gasteiger partial charge on any atom is -0.496 e. The zero-order valence-electron chi connectivity index (χ0n) is 21.8. The lowest BCUT2D eigenvalue weighted by Crippen LogP contribution is -2.40. The van der Waals surface area contributed by atoms with Gasteiger partial charge in [-0.1, -0.05) is 22.9 Å². The first kappa shape index (κ1) is 27.1.